The zero-order chi connectivity index (χ0) is 36.6. The largest absolute Gasteiger partial charge is 1.00 e. The van der Waals surface area contributed by atoms with Crippen LogP contribution >= 0.6 is 0 Å². The molecule has 0 saturated carbocycles. The molecule has 0 spiro atoms. The maximum atomic E-state index is 12.9. The summed E-state index contributed by atoms with van der Waals surface area (Å²) < 4.78 is 3.55. The average Bonchev–Trinajstić information content (AvgIpc) is 3.17. The van der Waals surface area contributed by atoms with Gasteiger partial charge in [-0.1, -0.05) is 140 Å². The zero-order valence-electron chi connectivity index (χ0n) is 30.7. The van der Waals surface area contributed by atoms with Crippen LogP contribution in [0.25, 0.3) is 22.5 Å². The summed E-state index contributed by atoms with van der Waals surface area (Å²) in [6.45, 7) is 6.70. The number of carbonyl (C=O) groups is 1. The fourth-order valence-electron chi connectivity index (χ4n) is 5.28. The standard InChI is InChI=1S/C22H19NO.C21H17NO.CH2O3.CH4.2K/c1-3-7-20-14-15-21(19-8-5-4-6-9-19)23(22(20)24)16-18-12-10-17(2)11-13-18;1-3-18-13-14-20(19-7-5-4-6-8-19)22(21(18)23)15-17-11-9-16(2)10-12-17;2-1-4-3;;;/h4-6,8-15H,16H2,1-2H3;1,4-14H,15H2,2H3;1,3H;1H4;;/q;;;;;+1/p-1. The molecule has 0 aliphatic carbocycles. The summed E-state index contributed by atoms with van der Waals surface area (Å²) in [6.07, 6.45) is 5.46. The number of carbonyl (C=O) groups excluding carboxylic acids is 1. The molecule has 9 heteroatoms. The van der Waals surface area contributed by atoms with Crippen LogP contribution < -0.4 is 67.8 Å². The third-order valence-electron chi connectivity index (χ3n) is 7.86. The molecule has 1 radical (unpaired) electrons. The third-order valence-corrected chi connectivity index (χ3v) is 7.86. The van der Waals surface area contributed by atoms with E-state index in [-0.39, 0.29) is 128 Å². The molecule has 7 nitrogen and oxygen atoms in total. The van der Waals surface area contributed by atoms with Crippen LogP contribution in [0.15, 0.2) is 143 Å². The summed E-state index contributed by atoms with van der Waals surface area (Å²) in [7, 11) is 0. The van der Waals surface area contributed by atoms with Crippen LogP contribution in [-0.4, -0.2) is 67.0 Å². The van der Waals surface area contributed by atoms with Gasteiger partial charge >= 0.3 is 51.4 Å². The number of rotatable bonds is 7. The summed E-state index contributed by atoms with van der Waals surface area (Å²) in [6, 6.07) is 43.7. The molecule has 6 rings (SSSR count). The smallest absolute Gasteiger partial charge is 0.662 e. The molecule has 0 saturated heterocycles. The van der Waals surface area contributed by atoms with Gasteiger partial charge in [0.1, 0.15) is 0 Å². The van der Waals surface area contributed by atoms with E-state index >= 15 is 0 Å². The number of terminal acetylenes is 1. The van der Waals surface area contributed by atoms with Gasteiger partial charge in [0, 0.05) is 51.4 Å². The van der Waals surface area contributed by atoms with Crippen LogP contribution in [-0.2, 0) is 22.8 Å². The minimum Gasteiger partial charge on any atom is -0.662 e. The molecule has 0 aliphatic rings. The van der Waals surface area contributed by atoms with Gasteiger partial charge in [0.05, 0.1) is 35.6 Å². The predicted octanol–water partition coefficient (Wildman–Crippen LogP) is 3.79. The van der Waals surface area contributed by atoms with Crippen LogP contribution in [0.4, 0.5) is 0 Å². The molecule has 2 aromatic heterocycles. The minimum atomic E-state index is -0.181. The molecule has 6 aromatic rings. The molecular weight excluding hydrogens is 727 g/mol. The second-order valence-electron chi connectivity index (χ2n) is 11.5. The minimum absolute atomic E-state index is 0. The maximum absolute atomic E-state index is 12.9. The van der Waals surface area contributed by atoms with Gasteiger partial charge in [-0.25, -0.2) is 0 Å². The fourth-order valence-corrected chi connectivity index (χ4v) is 5.28. The second kappa shape index (κ2) is 25.6. The van der Waals surface area contributed by atoms with Gasteiger partial charge < -0.3 is 19.3 Å². The summed E-state index contributed by atoms with van der Waals surface area (Å²) in [4.78, 5) is 36.8. The molecule has 263 valence electrons. The van der Waals surface area contributed by atoms with Crippen molar-refractivity contribution < 1.29 is 66.3 Å². The number of pyridine rings is 2. The van der Waals surface area contributed by atoms with Crippen molar-refractivity contribution in [3.8, 4) is 46.7 Å². The quantitative estimate of drug-likeness (QED) is 0.0812. The Hall–Kier alpha value is -3.40. The number of hydrogen-bond donors (Lipinski definition) is 0. The van der Waals surface area contributed by atoms with Crippen LogP contribution in [0.1, 0.15) is 47.7 Å². The normalized spacial score (nSPS) is 9.24. The Morgan fingerprint density at radius 3 is 1.37 bits per heavy atom. The molecule has 0 fully saturated rings. The van der Waals surface area contributed by atoms with E-state index in [9.17, 15) is 9.59 Å². The Bertz CT molecular complexity index is 2280. The molecule has 0 bridgehead atoms. The maximum Gasteiger partial charge on any atom is 1.00 e. The Morgan fingerprint density at radius 2 is 1.02 bits per heavy atom. The van der Waals surface area contributed by atoms with E-state index in [4.69, 9.17) is 16.5 Å². The Kier molecular flexibility index (Phi) is 23.1. The number of nitrogens with zero attached hydrogens (tertiary/aromatic N) is 2. The summed E-state index contributed by atoms with van der Waals surface area (Å²) in [5, 5.41) is 8.43. The van der Waals surface area contributed by atoms with Crippen LogP contribution in [0, 0.1) is 38.0 Å². The van der Waals surface area contributed by atoms with E-state index in [1.165, 1.54) is 11.1 Å². The first kappa shape index (κ1) is 48.6. The summed E-state index contributed by atoms with van der Waals surface area (Å²) >= 11 is 0. The fraction of sp³-hybridized carbons (Fsp3) is 0.133. The van der Waals surface area contributed by atoms with Gasteiger partial charge in [0.15, 0.2) is 0 Å². The van der Waals surface area contributed by atoms with Crippen molar-refractivity contribution in [2.45, 2.75) is 41.3 Å². The van der Waals surface area contributed by atoms with Crippen molar-refractivity contribution in [2.75, 3.05) is 0 Å². The number of aromatic nitrogens is 2. The van der Waals surface area contributed by atoms with Crippen LogP contribution in [0.2, 0.25) is 0 Å². The zero-order valence-corrected chi connectivity index (χ0v) is 37.0. The van der Waals surface area contributed by atoms with Gasteiger partial charge in [-0.3, -0.25) is 14.4 Å². The molecule has 2 heterocycles. The number of hydrogen-bond acceptors (Lipinski definition) is 5. The van der Waals surface area contributed by atoms with Crippen molar-refractivity contribution in [2.24, 2.45) is 0 Å². The Balaban J connectivity index is 0.000000468. The molecule has 0 amide bonds. The van der Waals surface area contributed by atoms with E-state index in [0.717, 1.165) is 33.6 Å². The van der Waals surface area contributed by atoms with Gasteiger partial charge in [0.25, 0.3) is 17.6 Å². The average molecular weight is 768 g/mol. The molecule has 4 aromatic carbocycles. The van der Waals surface area contributed by atoms with Crippen molar-refractivity contribution in [1.29, 1.82) is 0 Å². The van der Waals surface area contributed by atoms with Crippen molar-refractivity contribution in [3.63, 3.8) is 0 Å². The molecule has 54 heavy (non-hydrogen) atoms. The van der Waals surface area contributed by atoms with E-state index in [1.54, 1.807) is 22.1 Å². The first-order valence-electron chi connectivity index (χ1n) is 16.1. The van der Waals surface area contributed by atoms with Gasteiger partial charge in [-0.2, -0.15) is 0 Å². The van der Waals surface area contributed by atoms with E-state index in [2.05, 4.69) is 53.8 Å². The SMILES string of the molecule is C.C#Cc1ccc(-c2ccccc2)n(Cc2ccc(C)cc2)c1=O.CC#Cc1ccc(-c2ccccc2)n(Cc2ccc(C)cc2)c1=O.O=CO[O-].[K+].[K]. The first-order valence-corrected chi connectivity index (χ1v) is 16.1. The molecule has 0 unspecified atom stereocenters. The molecule has 0 aliphatic heterocycles. The van der Waals surface area contributed by atoms with Crippen LogP contribution in [0.5, 0.6) is 0 Å². The van der Waals surface area contributed by atoms with Gasteiger partial charge in [0.2, 0.25) is 0 Å². The Labute approximate surface area is 403 Å². The second-order valence-corrected chi connectivity index (χ2v) is 11.5. The predicted molar refractivity (Wildman–Crippen MR) is 213 cm³/mol. The van der Waals surface area contributed by atoms with Gasteiger partial charge in [-0.15, -0.1) is 12.3 Å². The molecular formula is C45H41K2N2O5. The topological polar surface area (TPSA) is 93.4 Å². The molecule has 0 N–H and O–H groups in total. The van der Waals surface area contributed by atoms with E-state index < -0.39 is 0 Å². The molecule has 0 atom stereocenters. The monoisotopic (exact) mass is 767 g/mol. The number of aryl methyl sites for hydroxylation is 2. The van der Waals surface area contributed by atoms with Crippen molar-refractivity contribution >= 4 is 57.9 Å². The first-order chi connectivity index (χ1) is 24.8. The third kappa shape index (κ3) is 14.0. The summed E-state index contributed by atoms with van der Waals surface area (Å²) in [5.74, 6) is 8.20. The van der Waals surface area contributed by atoms with E-state index in [0.29, 0.717) is 24.2 Å². The summed E-state index contributed by atoms with van der Waals surface area (Å²) in [5.41, 5.74) is 9.12. The van der Waals surface area contributed by atoms with E-state index in [1.807, 2.05) is 110 Å². The van der Waals surface area contributed by atoms with Crippen molar-refractivity contribution in [3.05, 3.63) is 188 Å². The van der Waals surface area contributed by atoms with Crippen molar-refractivity contribution in [1.82, 2.24) is 9.13 Å². The van der Waals surface area contributed by atoms with Gasteiger partial charge in [-0.05, 0) is 67.3 Å². The number of benzene rings is 4. The van der Waals surface area contributed by atoms with Crippen LogP contribution in [0.3, 0.4) is 0 Å². The Morgan fingerprint density at radius 1 is 0.648 bits per heavy atom.